The number of carbonyl (C=O) groups is 1. The van der Waals surface area contributed by atoms with Crippen LogP contribution in [0.2, 0.25) is 0 Å². The first-order chi connectivity index (χ1) is 17.9. The number of aryl methyl sites for hydroxylation is 1. The number of halogens is 2. The Balaban J connectivity index is 0.00000533. The first kappa shape index (κ1) is 32.4. The first-order valence-corrected chi connectivity index (χ1v) is 14.0. The summed E-state index contributed by atoms with van der Waals surface area (Å²) in [5.74, 6) is -1.42. The van der Waals surface area contributed by atoms with Gasteiger partial charge in [0.05, 0.1) is 0 Å². The number of hydrogen-bond acceptors (Lipinski definition) is 7. The lowest BCUT2D eigenvalue weighted by Crippen LogP contribution is -2.49. The van der Waals surface area contributed by atoms with Gasteiger partial charge in [0.2, 0.25) is 0 Å². The zero-order chi connectivity index (χ0) is 28.1. The van der Waals surface area contributed by atoms with Crippen LogP contribution in [-0.4, -0.2) is 67.3 Å². The van der Waals surface area contributed by atoms with Crippen LogP contribution in [0.4, 0.5) is 4.39 Å². The normalized spacial score (nSPS) is 13.2. The first-order valence-electron chi connectivity index (χ1n) is 12.1. The number of amides is 1. The van der Waals surface area contributed by atoms with Gasteiger partial charge in [0.15, 0.2) is 14.6 Å². The topological polar surface area (TPSA) is 118 Å². The molecule has 2 aromatic carbocycles. The van der Waals surface area contributed by atoms with Crippen molar-refractivity contribution in [3.05, 3.63) is 70.4 Å². The zero-order valence-corrected chi connectivity index (χ0v) is 24.1. The van der Waals surface area contributed by atoms with Crippen molar-refractivity contribution < 1.29 is 27.5 Å². The molecule has 1 heterocycles. The summed E-state index contributed by atoms with van der Waals surface area (Å²) < 4.78 is 43.9. The Labute approximate surface area is 233 Å². The molecule has 9 nitrogen and oxygen atoms in total. The summed E-state index contributed by atoms with van der Waals surface area (Å²) in [7, 11) is -0.253. The molecule has 12 heteroatoms. The maximum atomic E-state index is 15.0. The number of nitrogens with one attached hydrogen (secondary N) is 1. The Morgan fingerprint density at radius 3 is 2.54 bits per heavy atom. The highest BCUT2D eigenvalue weighted by atomic mass is 35.5. The predicted molar refractivity (Wildman–Crippen MR) is 151 cm³/mol. The van der Waals surface area contributed by atoms with Gasteiger partial charge in [-0.25, -0.2) is 18.3 Å². The van der Waals surface area contributed by atoms with E-state index in [0.717, 1.165) is 24.8 Å². The second-order valence-electron chi connectivity index (χ2n) is 9.71. The molecule has 1 aromatic heterocycles. The third kappa shape index (κ3) is 7.43. The third-order valence-electron chi connectivity index (χ3n) is 6.89. The van der Waals surface area contributed by atoms with Crippen molar-refractivity contribution in [3.63, 3.8) is 0 Å². The van der Waals surface area contributed by atoms with Gasteiger partial charge in [-0.05, 0) is 67.6 Å². The summed E-state index contributed by atoms with van der Waals surface area (Å²) in [6.45, 7) is 3.25. The average molecular weight is 584 g/mol. The molecule has 3 rings (SSSR count). The zero-order valence-electron chi connectivity index (χ0n) is 22.4. The summed E-state index contributed by atoms with van der Waals surface area (Å²) in [5, 5.41) is 9.97. The molecule has 0 spiro atoms. The highest BCUT2D eigenvalue weighted by molar-refractivity contribution is 7.92. The van der Waals surface area contributed by atoms with Crippen LogP contribution in [0.3, 0.4) is 0 Å². The van der Waals surface area contributed by atoms with Gasteiger partial charge < -0.3 is 14.2 Å². The Morgan fingerprint density at radius 1 is 1.21 bits per heavy atom. The van der Waals surface area contributed by atoms with Crippen LogP contribution < -0.4 is 11.0 Å². The number of hydroxylamine groups is 1. The lowest BCUT2D eigenvalue weighted by atomic mass is 10.00. The molecule has 214 valence electrons. The number of rotatable bonds is 12. The standard InChI is InChI=1S/C27H34FN3O6S.ClH/c1-27(26(33)29-34,38(4,35)36)11-14-31-13-10-21-17-20(7-9-23(21)25(31)32)22-8-6-19(16-24(22)28)18-30(2)12-5-15-37-3;/h6-10,13,16-17,34H,5,11-12,14-15,18H2,1-4H3,(H,29,33);1H. The van der Waals surface area contributed by atoms with E-state index in [1.165, 1.54) is 29.2 Å². The molecule has 0 aliphatic carbocycles. The molecule has 0 aliphatic rings. The number of nitrogens with zero attached hydrogens (tertiary/aromatic N) is 2. The molecule has 0 radical (unpaired) electrons. The highest BCUT2D eigenvalue weighted by Gasteiger charge is 2.43. The second-order valence-corrected chi connectivity index (χ2v) is 12.2. The Kier molecular flexibility index (Phi) is 11.2. The minimum atomic E-state index is -3.89. The number of sulfone groups is 1. The lowest BCUT2D eigenvalue weighted by Gasteiger charge is -2.25. The Morgan fingerprint density at radius 2 is 1.92 bits per heavy atom. The molecule has 1 unspecified atom stereocenters. The van der Waals surface area contributed by atoms with E-state index in [2.05, 4.69) is 4.90 Å². The number of carbonyl (C=O) groups excluding carboxylic acids is 1. The Bertz CT molecular complexity index is 1480. The van der Waals surface area contributed by atoms with Crippen molar-refractivity contribution >= 4 is 38.9 Å². The number of hydrogen-bond donors (Lipinski definition) is 2. The van der Waals surface area contributed by atoms with Crippen molar-refractivity contribution in [3.8, 4) is 11.1 Å². The summed E-state index contributed by atoms with van der Waals surface area (Å²) >= 11 is 0. The lowest BCUT2D eigenvalue weighted by molar-refractivity contribution is -0.131. The fourth-order valence-electron chi connectivity index (χ4n) is 4.31. The smallest absolute Gasteiger partial charge is 0.264 e. The molecule has 39 heavy (non-hydrogen) atoms. The van der Waals surface area contributed by atoms with Gasteiger partial charge in [-0.15, -0.1) is 12.4 Å². The molecule has 0 saturated heterocycles. The van der Waals surface area contributed by atoms with Gasteiger partial charge in [0.25, 0.3) is 11.5 Å². The SMILES string of the molecule is COCCCN(C)Cc1ccc(-c2ccc3c(=O)n(CCC(C)(C(=O)NO)S(C)(=O)=O)ccc3c2)c(F)c1.Cl. The van der Waals surface area contributed by atoms with Gasteiger partial charge in [-0.2, -0.15) is 0 Å². The van der Waals surface area contributed by atoms with E-state index in [1.807, 2.05) is 13.1 Å². The Hall–Kier alpha value is -2.83. The van der Waals surface area contributed by atoms with Crippen LogP contribution in [-0.2, 0) is 32.5 Å². The molecule has 0 fully saturated rings. The van der Waals surface area contributed by atoms with Gasteiger partial charge in [0, 0.05) is 56.8 Å². The van der Waals surface area contributed by atoms with Crippen LogP contribution in [0, 0.1) is 5.82 Å². The maximum Gasteiger partial charge on any atom is 0.264 e. The summed E-state index contributed by atoms with van der Waals surface area (Å²) in [6.07, 6.45) is 3.08. The van der Waals surface area contributed by atoms with Gasteiger partial charge >= 0.3 is 0 Å². The summed E-state index contributed by atoms with van der Waals surface area (Å²) in [4.78, 5) is 27.2. The van der Waals surface area contributed by atoms with Crippen LogP contribution >= 0.6 is 12.4 Å². The number of benzene rings is 2. The number of fused-ring (bicyclic) bond motifs is 1. The largest absolute Gasteiger partial charge is 0.385 e. The van der Waals surface area contributed by atoms with Crippen LogP contribution in [0.1, 0.15) is 25.3 Å². The average Bonchev–Trinajstić information content (AvgIpc) is 2.87. The molecule has 1 amide bonds. The van der Waals surface area contributed by atoms with E-state index in [9.17, 15) is 18.0 Å². The molecule has 1 atom stereocenters. The molecule has 0 saturated carbocycles. The van der Waals surface area contributed by atoms with Crippen molar-refractivity contribution in [1.82, 2.24) is 14.9 Å². The summed E-state index contributed by atoms with van der Waals surface area (Å²) in [6, 6.07) is 11.8. The van der Waals surface area contributed by atoms with E-state index in [0.29, 0.717) is 35.1 Å². The molecule has 2 N–H and O–H groups in total. The second kappa shape index (κ2) is 13.5. The monoisotopic (exact) mass is 583 g/mol. The molecular weight excluding hydrogens is 549 g/mol. The van der Waals surface area contributed by atoms with Crippen molar-refractivity contribution in [2.45, 2.75) is 37.6 Å². The third-order valence-corrected chi connectivity index (χ3v) is 8.92. The van der Waals surface area contributed by atoms with Crippen LogP contribution in [0.15, 0.2) is 53.5 Å². The molecular formula is C27H35ClFN3O6S. The highest BCUT2D eigenvalue weighted by Crippen LogP contribution is 2.27. The number of aromatic nitrogens is 1. The van der Waals surface area contributed by atoms with Crippen molar-refractivity contribution in [2.75, 3.05) is 33.6 Å². The fraction of sp³-hybridized carbons (Fsp3) is 0.407. The van der Waals surface area contributed by atoms with E-state index < -0.39 is 20.5 Å². The van der Waals surface area contributed by atoms with Gasteiger partial charge in [-0.1, -0.05) is 18.2 Å². The van der Waals surface area contributed by atoms with E-state index in [4.69, 9.17) is 9.94 Å². The van der Waals surface area contributed by atoms with Crippen molar-refractivity contribution in [1.29, 1.82) is 0 Å². The number of methoxy groups -OCH3 is 1. The minimum absolute atomic E-state index is 0. The van der Waals surface area contributed by atoms with Gasteiger partial charge in [-0.3, -0.25) is 14.8 Å². The van der Waals surface area contributed by atoms with E-state index in [1.54, 1.807) is 37.4 Å². The fourth-order valence-corrected chi connectivity index (χ4v) is 5.16. The van der Waals surface area contributed by atoms with Gasteiger partial charge in [0.1, 0.15) is 5.82 Å². The predicted octanol–water partition coefficient (Wildman–Crippen LogP) is 3.40. The molecule has 0 bridgehead atoms. The molecule has 0 aliphatic heterocycles. The van der Waals surface area contributed by atoms with E-state index >= 15 is 4.39 Å². The van der Waals surface area contributed by atoms with Crippen molar-refractivity contribution in [2.24, 2.45) is 0 Å². The van der Waals surface area contributed by atoms with Crippen LogP contribution in [0.5, 0.6) is 0 Å². The summed E-state index contributed by atoms with van der Waals surface area (Å²) in [5.41, 5.74) is 2.92. The maximum absolute atomic E-state index is 15.0. The molecule has 3 aromatic rings. The number of ether oxygens (including phenoxy) is 1. The number of pyridine rings is 1. The quantitative estimate of drug-likeness (QED) is 0.191. The van der Waals surface area contributed by atoms with E-state index in [-0.39, 0.29) is 36.7 Å². The minimum Gasteiger partial charge on any atom is -0.385 e. The van der Waals surface area contributed by atoms with Crippen LogP contribution in [0.25, 0.3) is 21.9 Å².